The van der Waals surface area contributed by atoms with Crippen molar-refractivity contribution < 1.29 is 0 Å². The third kappa shape index (κ3) is 1.82. The lowest BCUT2D eigenvalue weighted by atomic mass is 9.57. The Labute approximate surface area is 94.3 Å². The van der Waals surface area contributed by atoms with Gasteiger partial charge in [0.25, 0.3) is 0 Å². The van der Waals surface area contributed by atoms with Crippen molar-refractivity contribution in [3.05, 3.63) is 0 Å². The summed E-state index contributed by atoms with van der Waals surface area (Å²) in [6.45, 7) is 9.24. The minimum Gasteiger partial charge on any atom is -0.178 e. The molecule has 1 rings (SSSR count). The first-order chi connectivity index (χ1) is 6.48. The van der Waals surface area contributed by atoms with Crippen molar-refractivity contribution in [3.8, 4) is 11.8 Å². The molecule has 2 unspecified atom stereocenters. The summed E-state index contributed by atoms with van der Waals surface area (Å²) >= 11 is 4.47. The Kier molecular flexibility index (Phi) is 3.58. The molecule has 0 N–H and O–H groups in total. The van der Waals surface area contributed by atoms with Crippen LogP contribution in [0.1, 0.15) is 47.0 Å². The first-order valence-corrected chi connectivity index (χ1v) is 6.22. The van der Waals surface area contributed by atoms with Crippen LogP contribution in [0.15, 0.2) is 0 Å². The molecule has 2 atom stereocenters. The summed E-state index contributed by atoms with van der Waals surface area (Å²) in [7, 11) is 0. The van der Waals surface area contributed by atoms with Gasteiger partial charge in [-0.05, 0) is 24.7 Å². The van der Waals surface area contributed by atoms with Crippen molar-refractivity contribution >= 4 is 12.6 Å². The largest absolute Gasteiger partial charge is 0.178 e. The van der Waals surface area contributed by atoms with Crippen molar-refractivity contribution in [3.63, 3.8) is 0 Å². The summed E-state index contributed by atoms with van der Waals surface area (Å²) < 4.78 is 0. The van der Waals surface area contributed by atoms with Gasteiger partial charge in [-0.15, -0.1) is 5.92 Å². The van der Waals surface area contributed by atoms with Gasteiger partial charge in [0.05, 0.1) is 0 Å². The van der Waals surface area contributed by atoms with Crippen LogP contribution in [0.2, 0.25) is 0 Å². The Morgan fingerprint density at radius 2 is 2.00 bits per heavy atom. The molecule has 1 aliphatic rings. The quantitative estimate of drug-likeness (QED) is 0.532. The molecule has 0 fully saturated rings. The zero-order valence-electron chi connectivity index (χ0n) is 9.85. The summed E-state index contributed by atoms with van der Waals surface area (Å²) in [6.07, 6.45) is 3.63. The van der Waals surface area contributed by atoms with Crippen molar-refractivity contribution in [2.75, 3.05) is 5.75 Å². The predicted molar refractivity (Wildman–Crippen MR) is 66.5 cm³/mol. The monoisotopic (exact) mass is 210 g/mol. The molecule has 0 aromatic rings. The Morgan fingerprint density at radius 3 is 2.50 bits per heavy atom. The van der Waals surface area contributed by atoms with Gasteiger partial charge < -0.3 is 0 Å². The topological polar surface area (TPSA) is 0 Å². The van der Waals surface area contributed by atoms with Gasteiger partial charge in [-0.25, -0.2) is 0 Å². The number of hydrogen-bond donors (Lipinski definition) is 1. The van der Waals surface area contributed by atoms with Crippen LogP contribution in [0.3, 0.4) is 0 Å². The second-order valence-electron chi connectivity index (χ2n) is 5.20. The van der Waals surface area contributed by atoms with Gasteiger partial charge in [0.2, 0.25) is 0 Å². The molecule has 0 nitrogen and oxygen atoms in total. The van der Waals surface area contributed by atoms with Crippen LogP contribution in [0.5, 0.6) is 0 Å². The lowest BCUT2D eigenvalue weighted by molar-refractivity contribution is 0.0790. The molecule has 0 amide bonds. The Bertz CT molecular complexity index is 256. The summed E-state index contributed by atoms with van der Waals surface area (Å²) in [5.41, 5.74) is 0.393. The van der Waals surface area contributed by atoms with Gasteiger partial charge in [-0.2, -0.15) is 12.6 Å². The number of thiol groups is 1. The third-order valence-corrected chi connectivity index (χ3v) is 4.74. The molecule has 80 valence electrons. The van der Waals surface area contributed by atoms with Gasteiger partial charge >= 0.3 is 0 Å². The molecule has 0 saturated carbocycles. The molecule has 0 spiro atoms. The van der Waals surface area contributed by atoms with E-state index < -0.39 is 0 Å². The fourth-order valence-corrected chi connectivity index (χ4v) is 2.78. The van der Waals surface area contributed by atoms with Gasteiger partial charge in [-0.3, -0.25) is 0 Å². The van der Waals surface area contributed by atoms with Crippen LogP contribution < -0.4 is 0 Å². The van der Waals surface area contributed by atoms with Crippen LogP contribution in [-0.4, -0.2) is 5.75 Å². The highest BCUT2D eigenvalue weighted by molar-refractivity contribution is 7.80. The molecule has 0 radical (unpaired) electrons. The minimum atomic E-state index is 0.0915. The van der Waals surface area contributed by atoms with Crippen molar-refractivity contribution in [1.29, 1.82) is 0 Å². The first-order valence-electron chi connectivity index (χ1n) is 5.59. The van der Waals surface area contributed by atoms with Crippen LogP contribution in [0.25, 0.3) is 0 Å². The molecule has 1 aliphatic carbocycles. The van der Waals surface area contributed by atoms with Crippen LogP contribution in [0.4, 0.5) is 0 Å². The Hall–Kier alpha value is -0.0900. The van der Waals surface area contributed by atoms with E-state index in [1.807, 2.05) is 0 Å². The molecule has 0 heterocycles. The van der Waals surface area contributed by atoms with Gasteiger partial charge in [0, 0.05) is 17.6 Å². The van der Waals surface area contributed by atoms with Crippen molar-refractivity contribution in [2.24, 2.45) is 16.7 Å². The zero-order chi connectivity index (χ0) is 10.8. The highest BCUT2D eigenvalue weighted by Crippen LogP contribution is 2.49. The molecule has 0 aromatic heterocycles. The van der Waals surface area contributed by atoms with Crippen LogP contribution >= 0.6 is 12.6 Å². The van der Waals surface area contributed by atoms with E-state index in [1.54, 1.807) is 0 Å². The van der Waals surface area contributed by atoms with Gasteiger partial charge in [0.1, 0.15) is 0 Å². The molecule has 14 heavy (non-hydrogen) atoms. The normalized spacial score (nSPS) is 34.8. The maximum atomic E-state index is 4.47. The molecular weight excluding hydrogens is 188 g/mol. The maximum absolute atomic E-state index is 4.47. The lowest BCUT2D eigenvalue weighted by Gasteiger charge is -2.47. The van der Waals surface area contributed by atoms with E-state index in [-0.39, 0.29) is 5.41 Å². The molecule has 1 heteroatoms. The van der Waals surface area contributed by atoms with E-state index in [4.69, 9.17) is 0 Å². The standard InChI is InChI=1S/C13H22S/c1-5-7-11-8-6-9-13(4,10-14)12(11,2)3/h11,14H,5,7-8,10H2,1-4H3. The van der Waals surface area contributed by atoms with E-state index in [9.17, 15) is 0 Å². The van der Waals surface area contributed by atoms with Crippen molar-refractivity contribution in [2.45, 2.75) is 47.0 Å². The number of rotatable bonds is 3. The highest BCUT2D eigenvalue weighted by Gasteiger charge is 2.45. The molecule has 0 aromatic carbocycles. The average Bonchev–Trinajstić information content (AvgIpc) is 2.14. The molecule has 0 bridgehead atoms. The Balaban J connectivity index is 2.95. The first kappa shape index (κ1) is 12.0. The minimum absolute atomic E-state index is 0.0915. The van der Waals surface area contributed by atoms with E-state index >= 15 is 0 Å². The van der Waals surface area contributed by atoms with Crippen LogP contribution in [0, 0.1) is 28.6 Å². The van der Waals surface area contributed by atoms with E-state index in [1.165, 1.54) is 12.8 Å². The Morgan fingerprint density at radius 1 is 1.36 bits per heavy atom. The summed E-state index contributed by atoms with van der Waals surface area (Å²) in [5, 5.41) is 0. The molecule has 0 saturated heterocycles. The zero-order valence-corrected chi connectivity index (χ0v) is 10.7. The number of hydrogen-bond acceptors (Lipinski definition) is 1. The van der Waals surface area contributed by atoms with E-state index in [0.29, 0.717) is 5.41 Å². The summed E-state index contributed by atoms with van der Waals surface area (Å²) in [5.74, 6) is 8.33. The van der Waals surface area contributed by atoms with Gasteiger partial charge in [-0.1, -0.05) is 33.1 Å². The smallest absolute Gasteiger partial charge is 0.0428 e. The van der Waals surface area contributed by atoms with E-state index in [0.717, 1.165) is 18.1 Å². The maximum Gasteiger partial charge on any atom is 0.0428 e. The highest BCUT2D eigenvalue weighted by atomic mass is 32.1. The summed E-state index contributed by atoms with van der Waals surface area (Å²) in [6, 6.07) is 0. The fraction of sp³-hybridized carbons (Fsp3) is 0.846. The SMILES string of the molecule is CCCC1CC#CC(C)(CS)C1(C)C. The molecular formula is C13H22S. The predicted octanol–water partition coefficient (Wildman–Crippen LogP) is 3.77. The molecule has 0 aliphatic heterocycles. The van der Waals surface area contributed by atoms with Crippen molar-refractivity contribution in [1.82, 2.24) is 0 Å². The average molecular weight is 210 g/mol. The fourth-order valence-electron chi connectivity index (χ4n) is 2.29. The third-order valence-electron chi connectivity index (χ3n) is 4.11. The second kappa shape index (κ2) is 4.19. The second-order valence-corrected chi connectivity index (χ2v) is 5.52. The van der Waals surface area contributed by atoms with Crippen LogP contribution in [-0.2, 0) is 0 Å². The lowest BCUT2D eigenvalue weighted by Crippen LogP contribution is -2.43. The summed E-state index contributed by atoms with van der Waals surface area (Å²) in [4.78, 5) is 0. The van der Waals surface area contributed by atoms with Gasteiger partial charge in [0.15, 0.2) is 0 Å². The van der Waals surface area contributed by atoms with E-state index in [2.05, 4.69) is 52.2 Å².